The summed E-state index contributed by atoms with van der Waals surface area (Å²) in [6, 6.07) is 1.88. The van der Waals surface area contributed by atoms with Gasteiger partial charge < -0.3 is 14.0 Å². The van der Waals surface area contributed by atoms with Crippen molar-refractivity contribution in [1.82, 2.24) is 9.61 Å². The number of carbonyl (C=O) groups is 1. The smallest absolute Gasteiger partial charge is 0.465 e. The molecular weight excluding hydrogens is 363 g/mol. The number of fused-ring (bicyclic) bond motifs is 1. The van der Waals surface area contributed by atoms with Gasteiger partial charge in [-0.3, -0.25) is 0 Å². The fraction of sp³-hybridized carbons (Fsp3) is 0.467. The van der Waals surface area contributed by atoms with Crippen LogP contribution in [-0.4, -0.2) is 41.0 Å². The predicted molar refractivity (Wildman–Crippen MR) is 89.9 cm³/mol. The quantitative estimate of drug-likeness (QED) is 0.590. The molecule has 1 aliphatic rings. The number of aromatic nitrogens is 2. The SMILES string of the molecule is COC(=O)c1cnn2cc(B3OC(C)(C)C(C)(C)O3)cc(Br)c12. The van der Waals surface area contributed by atoms with Gasteiger partial charge in [-0.25, -0.2) is 9.31 Å². The molecule has 8 heteroatoms. The van der Waals surface area contributed by atoms with E-state index < -0.39 is 24.3 Å². The summed E-state index contributed by atoms with van der Waals surface area (Å²) in [4.78, 5) is 11.8. The first kappa shape index (κ1) is 16.5. The predicted octanol–water partition coefficient (Wildman–Crippen LogP) is 2.18. The van der Waals surface area contributed by atoms with Gasteiger partial charge >= 0.3 is 13.1 Å². The molecule has 0 bridgehead atoms. The van der Waals surface area contributed by atoms with Crippen LogP contribution in [0.1, 0.15) is 38.1 Å². The molecular formula is C15H18BBrN2O4. The summed E-state index contributed by atoms with van der Waals surface area (Å²) in [7, 11) is 0.852. The lowest BCUT2D eigenvalue weighted by molar-refractivity contribution is 0.00578. The number of nitrogens with zero attached hydrogens (tertiary/aromatic N) is 2. The first-order valence-corrected chi connectivity index (χ1v) is 8.06. The zero-order chi connectivity index (χ0) is 17.0. The minimum atomic E-state index is -0.494. The lowest BCUT2D eigenvalue weighted by atomic mass is 9.80. The van der Waals surface area contributed by atoms with Crippen LogP contribution < -0.4 is 5.46 Å². The fourth-order valence-electron chi connectivity index (χ4n) is 2.46. The number of pyridine rings is 1. The van der Waals surface area contributed by atoms with Gasteiger partial charge in [0.2, 0.25) is 0 Å². The minimum absolute atomic E-state index is 0.403. The minimum Gasteiger partial charge on any atom is -0.465 e. The Balaban J connectivity index is 2.04. The van der Waals surface area contributed by atoms with Crippen molar-refractivity contribution in [2.45, 2.75) is 38.9 Å². The van der Waals surface area contributed by atoms with E-state index in [4.69, 9.17) is 14.0 Å². The van der Waals surface area contributed by atoms with E-state index in [1.54, 1.807) is 10.7 Å². The summed E-state index contributed by atoms with van der Waals surface area (Å²) >= 11 is 3.50. The molecule has 2 aromatic rings. The van der Waals surface area contributed by atoms with E-state index in [-0.39, 0.29) is 0 Å². The van der Waals surface area contributed by atoms with E-state index in [0.29, 0.717) is 11.1 Å². The second kappa shape index (κ2) is 5.32. The van der Waals surface area contributed by atoms with Crippen molar-refractivity contribution in [2.75, 3.05) is 7.11 Å². The van der Waals surface area contributed by atoms with Crippen molar-refractivity contribution in [3.05, 3.63) is 28.5 Å². The topological polar surface area (TPSA) is 62.1 Å². The second-order valence-corrected chi connectivity index (χ2v) is 7.41. The highest BCUT2D eigenvalue weighted by Crippen LogP contribution is 2.36. The number of ether oxygens (including phenoxy) is 1. The Labute approximate surface area is 143 Å². The van der Waals surface area contributed by atoms with Crippen molar-refractivity contribution in [2.24, 2.45) is 0 Å². The largest absolute Gasteiger partial charge is 0.496 e. The molecule has 0 N–H and O–H groups in total. The number of esters is 1. The molecule has 0 radical (unpaired) electrons. The van der Waals surface area contributed by atoms with Gasteiger partial charge in [-0.1, -0.05) is 0 Å². The first-order valence-electron chi connectivity index (χ1n) is 7.27. The van der Waals surface area contributed by atoms with Crippen molar-refractivity contribution in [3.63, 3.8) is 0 Å². The summed E-state index contributed by atoms with van der Waals surface area (Å²) < 4.78 is 19.2. The summed E-state index contributed by atoms with van der Waals surface area (Å²) in [5.74, 6) is -0.427. The van der Waals surface area contributed by atoms with Gasteiger partial charge in [0.25, 0.3) is 0 Å². The van der Waals surface area contributed by atoms with Gasteiger partial charge in [-0.2, -0.15) is 5.10 Å². The molecule has 0 saturated carbocycles. The first-order chi connectivity index (χ1) is 10.7. The molecule has 0 aromatic carbocycles. The Morgan fingerprint density at radius 3 is 2.48 bits per heavy atom. The number of methoxy groups -OCH3 is 1. The lowest BCUT2D eigenvalue weighted by Gasteiger charge is -2.32. The average Bonchev–Trinajstić information content (AvgIpc) is 2.97. The van der Waals surface area contributed by atoms with E-state index in [0.717, 1.165) is 9.94 Å². The Bertz CT molecular complexity index is 771. The zero-order valence-corrected chi connectivity index (χ0v) is 15.3. The van der Waals surface area contributed by atoms with E-state index in [9.17, 15) is 4.79 Å². The van der Waals surface area contributed by atoms with E-state index in [1.807, 2.05) is 33.8 Å². The van der Waals surface area contributed by atoms with Crippen LogP contribution in [0.5, 0.6) is 0 Å². The molecule has 3 heterocycles. The maximum absolute atomic E-state index is 11.8. The average molecular weight is 381 g/mol. The van der Waals surface area contributed by atoms with Gasteiger partial charge in [-0.15, -0.1) is 0 Å². The molecule has 2 aromatic heterocycles. The van der Waals surface area contributed by atoms with Crippen molar-refractivity contribution in [3.8, 4) is 0 Å². The van der Waals surface area contributed by atoms with Crippen LogP contribution in [0.15, 0.2) is 22.9 Å². The molecule has 1 fully saturated rings. The number of hydrogen-bond acceptors (Lipinski definition) is 5. The molecule has 122 valence electrons. The van der Waals surface area contributed by atoms with E-state index in [1.165, 1.54) is 13.3 Å². The summed E-state index contributed by atoms with van der Waals surface area (Å²) in [6.07, 6.45) is 3.29. The van der Waals surface area contributed by atoms with Gasteiger partial charge in [0.1, 0.15) is 5.56 Å². The van der Waals surface area contributed by atoms with Crippen LogP contribution in [0.4, 0.5) is 0 Å². The number of carbonyl (C=O) groups excluding carboxylic acids is 1. The van der Waals surface area contributed by atoms with Crippen LogP contribution in [0.3, 0.4) is 0 Å². The fourth-order valence-corrected chi connectivity index (χ4v) is 3.12. The van der Waals surface area contributed by atoms with Crippen molar-refractivity contribution in [1.29, 1.82) is 0 Å². The molecule has 0 atom stereocenters. The summed E-state index contributed by atoms with van der Waals surface area (Å²) in [6.45, 7) is 8.02. The summed E-state index contributed by atoms with van der Waals surface area (Å²) in [5.41, 5.74) is 1.04. The Morgan fingerprint density at radius 1 is 1.30 bits per heavy atom. The van der Waals surface area contributed by atoms with Gasteiger partial charge in [0.15, 0.2) is 0 Å². The summed E-state index contributed by atoms with van der Waals surface area (Å²) in [5, 5.41) is 4.23. The second-order valence-electron chi connectivity index (χ2n) is 6.55. The normalized spacial score (nSPS) is 19.3. The molecule has 6 nitrogen and oxygen atoms in total. The Morgan fingerprint density at radius 2 is 1.91 bits per heavy atom. The zero-order valence-electron chi connectivity index (χ0n) is 13.7. The highest BCUT2D eigenvalue weighted by molar-refractivity contribution is 9.10. The monoisotopic (exact) mass is 380 g/mol. The third-order valence-electron chi connectivity index (χ3n) is 4.52. The van der Waals surface area contributed by atoms with Crippen molar-refractivity contribution >= 4 is 40.0 Å². The van der Waals surface area contributed by atoms with Crippen LogP contribution in [0.2, 0.25) is 0 Å². The third kappa shape index (κ3) is 2.58. The van der Waals surface area contributed by atoms with Gasteiger partial charge in [0.05, 0.1) is 30.0 Å². The highest BCUT2D eigenvalue weighted by Gasteiger charge is 2.52. The number of hydrogen-bond donors (Lipinski definition) is 0. The number of halogens is 1. The van der Waals surface area contributed by atoms with Crippen LogP contribution in [0.25, 0.3) is 5.52 Å². The Hall–Kier alpha value is -1.38. The molecule has 0 aliphatic carbocycles. The Kier molecular flexibility index (Phi) is 3.82. The van der Waals surface area contributed by atoms with E-state index in [2.05, 4.69) is 21.0 Å². The van der Waals surface area contributed by atoms with Crippen LogP contribution >= 0.6 is 15.9 Å². The molecule has 0 unspecified atom stereocenters. The van der Waals surface area contributed by atoms with Crippen LogP contribution in [0, 0.1) is 0 Å². The molecule has 3 rings (SSSR count). The molecule has 1 saturated heterocycles. The standard InChI is InChI=1S/C15H18BBrN2O4/c1-14(2)15(3,4)23-16(22-14)9-6-11(17)12-10(13(20)21-5)7-18-19(12)8-9/h6-8H,1-5H3. The van der Waals surface area contributed by atoms with Gasteiger partial charge in [-0.05, 0) is 49.7 Å². The third-order valence-corrected chi connectivity index (χ3v) is 5.12. The maximum atomic E-state index is 11.8. The molecule has 0 spiro atoms. The molecule has 1 aliphatic heterocycles. The highest BCUT2D eigenvalue weighted by atomic mass is 79.9. The molecule has 0 amide bonds. The number of rotatable bonds is 2. The lowest BCUT2D eigenvalue weighted by Crippen LogP contribution is -2.41. The van der Waals surface area contributed by atoms with Crippen LogP contribution in [-0.2, 0) is 14.0 Å². The molecule has 23 heavy (non-hydrogen) atoms. The van der Waals surface area contributed by atoms with Gasteiger partial charge in [0, 0.05) is 16.1 Å². The maximum Gasteiger partial charge on any atom is 0.496 e. The van der Waals surface area contributed by atoms with Crippen molar-refractivity contribution < 1.29 is 18.8 Å². The van der Waals surface area contributed by atoms with E-state index >= 15 is 0 Å².